The Labute approximate surface area is 121 Å². The molecule has 1 aromatic heterocycles. The van der Waals surface area contributed by atoms with Crippen LogP contribution in [0.1, 0.15) is 27.0 Å². The maximum absolute atomic E-state index is 12.4. The fourth-order valence-electron chi connectivity index (χ4n) is 1.56. The van der Waals surface area contributed by atoms with Crippen molar-refractivity contribution in [3.8, 4) is 0 Å². The lowest BCUT2D eigenvalue weighted by Crippen LogP contribution is -2.03. The van der Waals surface area contributed by atoms with E-state index < -0.39 is 0 Å². The molecule has 0 atom stereocenters. The van der Waals surface area contributed by atoms with Gasteiger partial charge in [-0.25, -0.2) is 0 Å². The van der Waals surface area contributed by atoms with E-state index in [2.05, 4.69) is 31.9 Å². The molecule has 0 unspecified atom stereocenters. The smallest absolute Gasteiger partial charge is 0.195 e. The molecule has 1 nitrogen and oxygen atoms in total. The number of benzene rings is 1. The fourth-order valence-corrected chi connectivity index (χ4v) is 3.37. The topological polar surface area (TPSA) is 17.1 Å². The lowest BCUT2D eigenvalue weighted by atomic mass is 10.0. The highest BCUT2D eigenvalue weighted by Gasteiger charge is 2.16. The highest BCUT2D eigenvalue weighted by atomic mass is 79.9. The van der Waals surface area contributed by atoms with Crippen LogP contribution in [-0.4, -0.2) is 5.78 Å². The molecule has 0 bridgehead atoms. The summed E-state index contributed by atoms with van der Waals surface area (Å²) in [7, 11) is 0. The van der Waals surface area contributed by atoms with Gasteiger partial charge >= 0.3 is 0 Å². The average molecular weight is 374 g/mol. The molecule has 0 radical (unpaired) electrons. The maximum atomic E-state index is 12.4. The summed E-state index contributed by atoms with van der Waals surface area (Å²) in [5, 5.41) is 3.89. The van der Waals surface area contributed by atoms with Gasteiger partial charge in [0.05, 0.1) is 0 Å². The van der Waals surface area contributed by atoms with Crippen LogP contribution in [0.2, 0.25) is 0 Å². The first-order valence-electron chi connectivity index (χ1n) is 5.04. The van der Waals surface area contributed by atoms with E-state index in [1.807, 2.05) is 36.7 Å². The van der Waals surface area contributed by atoms with Crippen LogP contribution in [0.25, 0.3) is 0 Å². The van der Waals surface area contributed by atoms with E-state index in [-0.39, 0.29) is 5.78 Å². The minimum Gasteiger partial charge on any atom is -0.289 e. The molecular formula is C13H10Br2OS. The number of carbonyl (C=O) groups excluding carboxylic acids is 1. The normalized spacial score (nSPS) is 10.6. The molecule has 0 aliphatic rings. The fraction of sp³-hybridized carbons (Fsp3) is 0.154. The van der Waals surface area contributed by atoms with Gasteiger partial charge in [-0.05, 0) is 42.5 Å². The summed E-state index contributed by atoms with van der Waals surface area (Å²) in [6.07, 6.45) is 0. The number of hydrogen-bond acceptors (Lipinski definition) is 2. The molecule has 0 saturated carbocycles. The molecule has 1 aromatic carbocycles. The van der Waals surface area contributed by atoms with E-state index >= 15 is 0 Å². The van der Waals surface area contributed by atoms with Crippen LogP contribution in [0, 0.1) is 13.8 Å². The van der Waals surface area contributed by atoms with E-state index in [9.17, 15) is 4.79 Å². The van der Waals surface area contributed by atoms with E-state index in [0.29, 0.717) is 5.56 Å². The van der Waals surface area contributed by atoms with Crippen molar-refractivity contribution in [3.63, 3.8) is 0 Å². The molecule has 88 valence electrons. The summed E-state index contributed by atoms with van der Waals surface area (Å²) in [4.78, 5) is 12.4. The summed E-state index contributed by atoms with van der Waals surface area (Å²) in [6.45, 7) is 3.96. The van der Waals surface area contributed by atoms with Crippen molar-refractivity contribution in [2.45, 2.75) is 13.8 Å². The van der Waals surface area contributed by atoms with Crippen LogP contribution >= 0.6 is 43.2 Å². The lowest BCUT2D eigenvalue weighted by molar-refractivity contribution is 0.103. The molecule has 0 saturated heterocycles. The van der Waals surface area contributed by atoms with Crippen molar-refractivity contribution >= 4 is 49.0 Å². The third kappa shape index (κ3) is 2.54. The van der Waals surface area contributed by atoms with Gasteiger partial charge in [0.15, 0.2) is 5.78 Å². The van der Waals surface area contributed by atoms with Crippen molar-refractivity contribution in [2.75, 3.05) is 0 Å². The largest absolute Gasteiger partial charge is 0.289 e. The monoisotopic (exact) mass is 372 g/mol. The number of carbonyl (C=O) groups is 1. The summed E-state index contributed by atoms with van der Waals surface area (Å²) in [5.74, 6) is 0.0660. The van der Waals surface area contributed by atoms with Crippen LogP contribution in [0.15, 0.2) is 31.8 Å². The van der Waals surface area contributed by atoms with Crippen LogP contribution < -0.4 is 0 Å². The van der Waals surface area contributed by atoms with Gasteiger partial charge < -0.3 is 0 Å². The number of ketones is 1. The van der Waals surface area contributed by atoms with Crippen molar-refractivity contribution < 1.29 is 4.79 Å². The molecule has 2 aromatic rings. The van der Waals surface area contributed by atoms with E-state index in [0.717, 1.165) is 25.6 Å². The molecule has 0 amide bonds. The van der Waals surface area contributed by atoms with Crippen molar-refractivity contribution in [1.29, 1.82) is 0 Å². The SMILES string of the molecule is Cc1cc(Br)c(C(=O)c2cscc2C)cc1Br. The van der Waals surface area contributed by atoms with Gasteiger partial charge in [0, 0.05) is 25.5 Å². The van der Waals surface area contributed by atoms with Gasteiger partial charge in [0.2, 0.25) is 0 Å². The first kappa shape index (κ1) is 13.0. The molecule has 1 heterocycles. The molecular weight excluding hydrogens is 364 g/mol. The number of hydrogen-bond donors (Lipinski definition) is 0. The van der Waals surface area contributed by atoms with Gasteiger partial charge in [0.1, 0.15) is 0 Å². The van der Waals surface area contributed by atoms with Crippen LogP contribution in [0.4, 0.5) is 0 Å². The second kappa shape index (κ2) is 5.04. The first-order valence-corrected chi connectivity index (χ1v) is 7.56. The second-order valence-electron chi connectivity index (χ2n) is 3.88. The standard InChI is InChI=1S/C13H10Br2OS/c1-7-3-12(15)9(4-11(7)14)13(16)10-6-17-5-8(10)2/h3-6H,1-2H3. The van der Waals surface area contributed by atoms with Crippen LogP contribution in [0.5, 0.6) is 0 Å². The van der Waals surface area contributed by atoms with Crippen LogP contribution in [0.3, 0.4) is 0 Å². The van der Waals surface area contributed by atoms with Crippen molar-refractivity contribution in [2.24, 2.45) is 0 Å². The third-order valence-corrected chi connectivity index (χ3v) is 4.96. The third-order valence-electron chi connectivity index (χ3n) is 2.59. The molecule has 0 spiro atoms. The Hall–Kier alpha value is -0.450. The minimum atomic E-state index is 0.0660. The Kier molecular flexibility index (Phi) is 3.85. The highest BCUT2D eigenvalue weighted by Crippen LogP contribution is 2.28. The van der Waals surface area contributed by atoms with E-state index in [4.69, 9.17) is 0 Å². The molecule has 0 fully saturated rings. The maximum Gasteiger partial charge on any atom is 0.195 e. The Morgan fingerprint density at radius 1 is 1.00 bits per heavy atom. The number of aryl methyl sites for hydroxylation is 2. The predicted octanol–water partition coefficient (Wildman–Crippen LogP) is 5.12. The first-order chi connectivity index (χ1) is 8.00. The lowest BCUT2D eigenvalue weighted by Gasteiger charge is -2.06. The number of halogens is 2. The van der Waals surface area contributed by atoms with Gasteiger partial charge in [-0.2, -0.15) is 11.3 Å². The zero-order valence-corrected chi connectivity index (χ0v) is 13.4. The molecule has 4 heteroatoms. The Bertz CT molecular complexity index is 587. The molecule has 0 aliphatic heterocycles. The highest BCUT2D eigenvalue weighted by molar-refractivity contribution is 9.11. The Morgan fingerprint density at radius 2 is 1.71 bits per heavy atom. The Morgan fingerprint density at radius 3 is 2.29 bits per heavy atom. The molecule has 17 heavy (non-hydrogen) atoms. The van der Waals surface area contributed by atoms with E-state index in [1.54, 1.807) is 11.3 Å². The Balaban J connectivity index is 2.52. The summed E-state index contributed by atoms with van der Waals surface area (Å²) in [6, 6.07) is 3.83. The number of thiophene rings is 1. The summed E-state index contributed by atoms with van der Waals surface area (Å²) < 4.78 is 1.80. The quantitative estimate of drug-likeness (QED) is 0.667. The van der Waals surface area contributed by atoms with Gasteiger partial charge in [-0.1, -0.05) is 31.9 Å². The predicted molar refractivity (Wildman–Crippen MR) is 79.1 cm³/mol. The van der Waals surface area contributed by atoms with Crippen LogP contribution in [-0.2, 0) is 0 Å². The molecule has 0 N–H and O–H groups in total. The zero-order valence-electron chi connectivity index (χ0n) is 9.38. The number of rotatable bonds is 2. The van der Waals surface area contributed by atoms with Gasteiger partial charge in [-0.3, -0.25) is 4.79 Å². The summed E-state index contributed by atoms with van der Waals surface area (Å²) in [5.41, 5.74) is 3.62. The van der Waals surface area contributed by atoms with E-state index in [1.165, 1.54) is 0 Å². The second-order valence-corrected chi connectivity index (χ2v) is 6.33. The summed E-state index contributed by atoms with van der Waals surface area (Å²) >= 11 is 8.47. The van der Waals surface area contributed by atoms with Crippen molar-refractivity contribution in [3.05, 3.63) is 54.1 Å². The molecule has 0 aliphatic carbocycles. The zero-order chi connectivity index (χ0) is 12.6. The molecule has 2 rings (SSSR count). The minimum absolute atomic E-state index is 0.0660. The van der Waals surface area contributed by atoms with Gasteiger partial charge in [0.25, 0.3) is 0 Å². The van der Waals surface area contributed by atoms with Crippen molar-refractivity contribution in [1.82, 2.24) is 0 Å². The van der Waals surface area contributed by atoms with Gasteiger partial charge in [-0.15, -0.1) is 0 Å². The average Bonchev–Trinajstić information content (AvgIpc) is 2.69.